The van der Waals surface area contributed by atoms with Gasteiger partial charge in [-0.05, 0) is 31.2 Å². The molecule has 0 spiro atoms. The van der Waals surface area contributed by atoms with Gasteiger partial charge in [-0.3, -0.25) is 4.90 Å². The predicted molar refractivity (Wildman–Crippen MR) is 54.0 cm³/mol. The van der Waals surface area contributed by atoms with Crippen LogP contribution in [0.4, 0.5) is 0 Å². The van der Waals surface area contributed by atoms with Crippen LogP contribution in [0.1, 0.15) is 12.8 Å². The molecule has 0 saturated carbocycles. The lowest BCUT2D eigenvalue weighted by Crippen LogP contribution is -2.49. The molecule has 1 atom stereocenters. The maximum Gasteiger partial charge on any atom is 0.0984 e. The smallest absolute Gasteiger partial charge is 0.0984 e. The van der Waals surface area contributed by atoms with E-state index in [1.54, 1.807) is 0 Å². The largest absolute Gasteiger partial charge is 0.372 e. The van der Waals surface area contributed by atoms with E-state index in [1.807, 2.05) is 12.3 Å². The first kappa shape index (κ1) is 8.78. The van der Waals surface area contributed by atoms with Crippen molar-refractivity contribution in [2.24, 2.45) is 5.73 Å². The monoisotopic (exact) mass is 179 g/mol. The Morgan fingerprint density at radius 1 is 1.23 bits per heavy atom. The molecule has 0 aliphatic carbocycles. The van der Waals surface area contributed by atoms with Crippen molar-refractivity contribution in [1.82, 2.24) is 10.2 Å². The van der Waals surface area contributed by atoms with Crippen molar-refractivity contribution in [2.75, 3.05) is 13.1 Å². The van der Waals surface area contributed by atoms with Gasteiger partial charge in [-0.1, -0.05) is 6.08 Å². The zero-order valence-corrected chi connectivity index (χ0v) is 7.82. The lowest BCUT2D eigenvalue weighted by atomic mass is 10.1. The summed E-state index contributed by atoms with van der Waals surface area (Å²) in [7, 11) is 0. The Bertz CT molecular complexity index is 214. The number of likely N-dealkylation sites (tertiary alicyclic amines) is 1. The summed E-state index contributed by atoms with van der Waals surface area (Å²) >= 11 is 0. The maximum atomic E-state index is 5.85. The SMILES string of the molecule is NC1CCN(C2C=CC=CN2)CC1. The molecule has 1 fully saturated rings. The summed E-state index contributed by atoms with van der Waals surface area (Å²) < 4.78 is 0. The molecule has 3 N–H and O–H groups in total. The summed E-state index contributed by atoms with van der Waals surface area (Å²) in [6.07, 6.45) is 10.9. The predicted octanol–water partition coefficient (Wildman–Crippen LogP) is 0.409. The molecular weight excluding hydrogens is 162 g/mol. The molecule has 72 valence electrons. The molecule has 0 bridgehead atoms. The third-order valence-electron chi connectivity index (χ3n) is 2.74. The molecule has 3 heteroatoms. The fourth-order valence-electron chi connectivity index (χ4n) is 1.86. The van der Waals surface area contributed by atoms with E-state index in [0.29, 0.717) is 12.2 Å². The molecular formula is C10H17N3. The Hall–Kier alpha value is -0.800. The third-order valence-corrected chi connectivity index (χ3v) is 2.74. The number of hydrogen-bond acceptors (Lipinski definition) is 3. The first-order valence-electron chi connectivity index (χ1n) is 4.95. The van der Waals surface area contributed by atoms with Gasteiger partial charge in [0.2, 0.25) is 0 Å². The van der Waals surface area contributed by atoms with E-state index >= 15 is 0 Å². The molecule has 0 aromatic heterocycles. The second kappa shape index (κ2) is 3.94. The summed E-state index contributed by atoms with van der Waals surface area (Å²) in [5, 5.41) is 3.32. The lowest BCUT2D eigenvalue weighted by Gasteiger charge is -2.35. The average Bonchev–Trinajstić information content (AvgIpc) is 2.20. The van der Waals surface area contributed by atoms with E-state index in [0.717, 1.165) is 25.9 Å². The van der Waals surface area contributed by atoms with Crippen molar-refractivity contribution in [3.63, 3.8) is 0 Å². The number of piperidine rings is 1. The van der Waals surface area contributed by atoms with Crippen LogP contribution < -0.4 is 11.1 Å². The van der Waals surface area contributed by atoms with Crippen molar-refractivity contribution < 1.29 is 0 Å². The zero-order chi connectivity index (χ0) is 9.10. The van der Waals surface area contributed by atoms with Crippen LogP contribution >= 0.6 is 0 Å². The summed E-state index contributed by atoms with van der Waals surface area (Å²) in [5.41, 5.74) is 5.85. The van der Waals surface area contributed by atoms with Gasteiger partial charge in [0, 0.05) is 19.1 Å². The topological polar surface area (TPSA) is 41.3 Å². The van der Waals surface area contributed by atoms with Gasteiger partial charge in [0.15, 0.2) is 0 Å². The quantitative estimate of drug-likeness (QED) is 0.612. The van der Waals surface area contributed by atoms with Crippen LogP contribution in [-0.4, -0.2) is 30.2 Å². The van der Waals surface area contributed by atoms with E-state index in [9.17, 15) is 0 Å². The molecule has 13 heavy (non-hydrogen) atoms. The standard InChI is InChI=1S/C10H17N3/c11-9-4-7-13(8-5-9)10-3-1-2-6-12-10/h1-3,6,9-10,12H,4-5,7-8,11H2. The van der Waals surface area contributed by atoms with Gasteiger partial charge in [0.1, 0.15) is 0 Å². The van der Waals surface area contributed by atoms with Crippen LogP contribution in [0.3, 0.4) is 0 Å². The molecule has 2 rings (SSSR count). The highest BCUT2D eigenvalue weighted by Crippen LogP contribution is 2.12. The summed E-state index contributed by atoms with van der Waals surface area (Å²) in [6, 6.07) is 0.416. The Labute approximate surface area is 79.3 Å². The first-order chi connectivity index (χ1) is 6.36. The van der Waals surface area contributed by atoms with Crippen molar-refractivity contribution in [1.29, 1.82) is 0 Å². The Morgan fingerprint density at radius 2 is 2.00 bits per heavy atom. The molecule has 2 heterocycles. The molecule has 2 aliphatic heterocycles. The van der Waals surface area contributed by atoms with Crippen molar-refractivity contribution >= 4 is 0 Å². The molecule has 3 nitrogen and oxygen atoms in total. The number of nitrogens with zero attached hydrogens (tertiary/aromatic N) is 1. The summed E-state index contributed by atoms with van der Waals surface area (Å²) in [6.45, 7) is 2.22. The summed E-state index contributed by atoms with van der Waals surface area (Å²) in [5.74, 6) is 0. The molecule has 2 aliphatic rings. The highest BCUT2D eigenvalue weighted by Gasteiger charge is 2.21. The number of allylic oxidation sites excluding steroid dienone is 2. The molecule has 0 amide bonds. The highest BCUT2D eigenvalue weighted by atomic mass is 15.3. The fourth-order valence-corrected chi connectivity index (χ4v) is 1.86. The minimum Gasteiger partial charge on any atom is -0.372 e. The molecule has 1 unspecified atom stereocenters. The van der Waals surface area contributed by atoms with Crippen molar-refractivity contribution in [3.05, 3.63) is 24.4 Å². The van der Waals surface area contributed by atoms with Gasteiger partial charge >= 0.3 is 0 Å². The number of dihydropyridines is 1. The van der Waals surface area contributed by atoms with E-state index < -0.39 is 0 Å². The van der Waals surface area contributed by atoms with Gasteiger partial charge in [0.05, 0.1) is 6.17 Å². The average molecular weight is 179 g/mol. The Morgan fingerprint density at radius 3 is 2.62 bits per heavy atom. The third kappa shape index (κ3) is 2.11. The lowest BCUT2D eigenvalue weighted by molar-refractivity contribution is 0.165. The van der Waals surface area contributed by atoms with Crippen LogP contribution in [0, 0.1) is 0 Å². The van der Waals surface area contributed by atoms with Gasteiger partial charge in [0.25, 0.3) is 0 Å². The van der Waals surface area contributed by atoms with Gasteiger partial charge in [-0.15, -0.1) is 0 Å². The van der Waals surface area contributed by atoms with Crippen molar-refractivity contribution in [2.45, 2.75) is 25.0 Å². The number of nitrogens with two attached hydrogens (primary N) is 1. The van der Waals surface area contributed by atoms with E-state index in [2.05, 4.69) is 22.4 Å². The van der Waals surface area contributed by atoms with E-state index in [1.165, 1.54) is 0 Å². The van der Waals surface area contributed by atoms with Crippen LogP contribution in [0.2, 0.25) is 0 Å². The highest BCUT2D eigenvalue weighted by molar-refractivity contribution is 5.11. The molecule has 0 radical (unpaired) electrons. The Kier molecular flexibility index (Phi) is 2.66. The molecule has 0 aromatic rings. The normalized spacial score (nSPS) is 30.4. The van der Waals surface area contributed by atoms with E-state index in [-0.39, 0.29) is 0 Å². The maximum absolute atomic E-state index is 5.85. The zero-order valence-electron chi connectivity index (χ0n) is 7.82. The summed E-state index contributed by atoms with van der Waals surface area (Å²) in [4.78, 5) is 2.43. The van der Waals surface area contributed by atoms with Gasteiger partial charge in [-0.25, -0.2) is 0 Å². The minimum absolute atomic E-state index is 0.387. The molecule has 1 saturated heterocycles. The number of rotatable bonds is 1. The minimum atomic E-state index is 0.387. The van der Waals surface area contributed by atoms with Gasteiger partial charge in [-0.2, -0.15) is 0 Å². The molecule has 0 aromatic carbocycles. The van der Waals surface area contributed by atoms with Crippen LogP contribution in [-0.2, 0) is 0 Å². The van der Waals surface area contributed by atoms with Gasteiger partial charge < -0.3 is 11.1 Å². The first-order valence-corrected chi connectivity index (χ1v) is 4.95. The van der Waals surface area contributed by atoms with E-state index in [4.69, 9.17) is 5.73 Å². The van der Waals surface area contributed by atoms with Crippen LogP contribution in [0.5, 0.6) is 0 Å². The van der Waals surface area contributed by atoms with Crippen molar-refractivity contribution in [3.8, 4) is 0 Å². The second-order valence-electron chi connectivity index (χ2n) is 3.73. The second-order valence-corrected chi connectivity index (χ2v) is 3.73. The number of hydrogen-bond donors (Lipinski definition) is 2. The van der Waals surface area contributed by atoms with Crippen LogP contribution in [0.25, 0.3) is 0 Å². The number of nitrogens with one attached hydrogen (secondary N) is 1. The van der Waals surface area contributed by atoms with Crippen LogP contribution in [0.15, 0.2) is 24.4 Å². The Balaban J connectivity index is 1.87. The fraction of sp³-hybridized carbons (Fsp3) is 0.600.